The third-order valence-corrected chi connectivity index (χ3v) is 5.01. The Bertz CT molecular complexity index is 275. The summed E-state index contributed by atoms with van der Waals surface area (Å²) in [5, 5.41) is 9.26. The number of nitrogens with two attached hydrogens (primary N) is 1. The summed E-state index contributed by atoms with van der Waals surface area (Å²) in [7, 11) is 0. The van der Waals surface area contributed by atoms with Crippen LogP contribution in [0.15, 0.2) is 0 Å². The Balaban J connectivity index is 1.94. The second-order valence-electron chi connectivity index (χ2n) is 6.82. The van der Waals surface area contributed by atoms with Gasteiger partial charge in [-0.05, 0) is 37.5 Å². The molecule has 1 aliphatic carbocycles. The van der Waals surface area contributed by atoms with Gasteiger partial charge in [-0.2, -0.15) is 0 Å². The van der Waals surface area contributed by atoms with Crippen molar-refractivity contribution >= 4 is 0 Å². The van der Waals surface area contributed by atoms with Crippen molar-refractivity contribution < 1.29 is 9.84 Å². The fraction of sp³-hybridized carbons (Fsp3) is 1.00. The van der Waals surface area contributed by atoms with E-state index in [1.165, 1.54) is 6.42 Å². The zero-order valence-corrected chi connectivity index (χ0v) is 12.6. The fourth-order valence-electron chi connectivity index (χ4n) is 3.79. The summed E-state index contributed by atoms with van der Waals surface area (Å²) >= 11 is 0. The van der Waals surface area contributed by atoms with E-state index >= 15 is 0 Å². The van der Waals surface area contributed by atoms with Gasteiger partial charge in [0.05, 0.1) is 19.3 Å². The maximum Gasteiger partial charge on any atom is 0.0933 e. The van der Waals surface area contributed by atoms with Gasteiger partial charge < -0.3 is 15.6 Å². The zero-order chi connectivity index (χ0) is 14.0. The predicted octanol–water partition coefficient (Wildman–Crippen LogP) is 1.08. The monoisotopic (exact) mass is 270 g/mol. The van der Waals surface area contributed by atoms with E-state index in [4.69, 9.17) is 10.5 Å². The molecule has 2 fully saturated rings. The van der Waals surface area contributed by atoms with Gasteiger partial charge in [0.1, 0.15) is 0 Å². The number of aliphatic hydroxyl groups is 1. The van der Waals surface area contributed by atoms with Gasteiger partial charge in [0, 0.05) is 25.2 Å². The van der Waals surface area contributed by atoms with Crippen molar-refractivity contribution in [3.8, 4) is 0 Å². The summed E-state index contributed by atoms with van der Waals surface area (Å²) < 4.78 is 5.61. The first kappa shape index (κ1) is 15.2. The first-order valence-electron chi connectivity index (χ1n) is 7.73. The van der Waals surface area contributed by atoms with Crippen LogP contribution in [0, 0.1) is 17.8 Å². The molecule has 1 aliphatic heterocycles. The molecule has 0 radical (unpaired) electrons. The van der Waals surface area contributed by atoms with Gasteiger partial charge in [-0.15, -0.1) is 0 Å². The molecule has 4 heteroatoms. The average Bonchev–Trinajstić information content (AvgIpc) is 2.35. The Hall–Kier alpha value is -0.160. The first-order valence-corrected chi connectivity index (χ1v) is 7.73. The third-order valence-electron chi connectivity index (χ3n) is 5.01. The smallest absolute Gasteiger partial charge is 0.0933 e. The topological polar surface area (TPSA) is 58.7 Å². The molecule has 3 N–H and O–H groups in total. The molecule has 19 heavy (non-hydrogen) atoms. The minimum atomic E-state index is -0.0229. The Morgan fingerprint density at radius 3 is 2.63 bits per heavy atom. The van der Waals surface area contributed by atoms with Gasteiger partial charge in [0.2, 0.25) is 0 Å². The van der Waals surface area contributed by atoms with Crippen LogP contribution in [-0.4, -0.2) is 54.5 Å². The summed E-state index contributed by atoms with van der Waals surface area (Å²) in [6.45, 7) is 9.58. The minimum absolute atomic E-state index is 0.0229. The molecule has 0 bridgehead atoms. The number of ether oxygens (including phenoxy) is 1. The molecule has 2 aliphatic rings. The molecule has 1 heterocycles. The first-order chi connectivity index (χ1) is 9.01. The second-order valence-corrected chi connectivity index (χ2v) is 6.82. The molecule has 0 amide bonds. The van der Waals surface area contributed by atoms with E-state index in [-0.39, 0.29) is 12.7 Å². The van der Waals surface area contributed by atoms with Crippen molar-refractivity contribution in [1.29, 1.82) is 0 Å². The van der Waals surface area contributed by atoms with Gasteiger partial charge in [-0.1, -0.05) is 13.8 Å². The summed E-state index contributed by atoms with van der Waals surface area (Å²) in [5.41, 5.74) is 6.38. The molecule has 2 rings (SSSR count). The molecule has 6 unspecified atom stereocenters. The van der Waals surface area contributed by atoms with Crippen LogP contribution in [0.4, 0.5) is 0 Å². The van der Waals surface area contributed by atoms with E-state index in [1.54, 1.807) is 0 Å². The molecule has 0 aromatic carbocycles. The van der Waals surface area contributed by atoms with E-state index in [2.05, 4.69) is 25.7 Å². The molecular formula is C15H30N2O2. The van der Waals surface area contributed by atoms with Crippen molar-refractivity contribution in [2.24, 2.45) is 23.5 Å². The van der Waals surface area contributed by atoms with E-state index in [9.17, 15) is 5.11 Å². The molecule has 0 aromatic heterocycles. The van der Waals surface area contributed by atoms with E-state index in [1.807, 2.05) is 0 Å². The molecule has 0 spiro atoms. The van der Waals surface area contributed by atoms with Gasteiger partial charge in [0.25, 0.3) is 0 Å². The zero-order valence-electron chi connectivity index (χ0n) is 12.6. The van der Waals surface area contributed by atoms with Crippen LogP contribution in [0.5, 0.6) is 0 Å². The van der Waals surface area contributed by atoms with E-state index < -0.39 is 0 Å². The van der Waals surface area contributed by atoms with Crippen molar-refractivity contribution in [1.82, 2.24) is 4.90 Å². The number of nitrogens with zero attached hydrogens (tertiary/aromatic N) is 1. The highest BCUT2D eigenvalue weighted by molar-refractivity contribution is 4.89. The van der Waals surface area contributed by atoms with Crippen molar-refractivity contribution in [3.05, 3.63) is 0 Å². The molecule has 1 saturated carbocycles. The van der Waals surface area contributed by atoms with Crippen molar-refractivity contribution in [2.75, 3.05) is 26.3 Å². The standard InChI is InChI=1S/C15H30N2O2/c1-10-4-11(2)14(15(16)5-10)7-17-6-13(8-18)19-9-12(17)3/h10-15,18H,4-9,16H2,1-3H3. The average molecular weight is 270 g/mol. The summed E-state index contributed by atoms with van der Waals surface area (Å²) in [4.78, 5) is 2.46. The number of rotatable bonds is 3. The van der Waals surface area contributed by atoms with Gasteiger partial charge in [-0.25, -0.2) is 0 Å². The number of aliphatic hydroxyl groups excluding tert-OH is 1. The fourth-order valence-corrected chi connectivity index (χ4v) is 3.79. The normalized spacial score (nSPS) is 45.3. The SMILES string of the molecule is CC1CC(C)C(CN2CC(CO)OCC2C)C(N)C1. The van der Waals surface area contributed by atoms with Crippen LogP contribution in [0.25, 0.3) is 0 Å². The van der Waals surface area contributed by atoms with Crippen LogP contribution >= 0.6 is 0 Å². The summed E-state index contributed by atoms with van der Waals surface area (Å²) in [5.74, 6) is 2.03. The maximum absolute atomic E-state index is 9.26. The Labute approximate surface area is 117 Å². The largest absolute Gasteiger partial charge is 0.394 e. The highest BCUT2D eigenvalue weighted by Crippen LogP contribution is 2.34. The van der Waals surface area contributed by atoms with E-state index in [0.717, 1.165) is 32.0 Å². The highest BCUT2D eigenvalue weighted by atomic mass is 16.5. The summed E-state index contributed by atoms with van der Waals surface area (Å²) in [6.07, 6.45) is 2.42. The quantitative estimate of drug-likeness (QED) is 0.805. The van der Waals surface area contributed by atoms with Crippen molar-refractivity contribution in [3.63, 3.8) is 0 Å². The molecule has 0 aromatic rings. The molecule has 6 atom stereocenters. The van der Waals surface area contributed by atoms with Crippen LogP contribution in [0.2, 0.25) is 0 Å². The Morgan fingerprint density at radius 1 is 1.26 bits per heavy atom. The lowest BCUT2D eigenvalue weighted by Crippen LogP contribution is -2.54. The van der Waals surface area contributed by atoms with Crippen LogP contribution in [-0.2, 0) is 4.74 Å². The lowest BCUT2D eigenvalue weighted by atomic mass is 9.72. The molecule has 112 valence electrons. The van der Waals surface area contributed by atoms with Gasteiger partial charge in [-0.3, -0.25) is 4.90 Å². The number of hydrogen-bond acceptors (Lipinski definition) is 4. The van der Waals surface area contributed by atoms with E-state index in [0.29, 0.717) is 23.9 Å². The summed E-state index contributed by atoms with van der Waals surface area (Å²) in [6, 6.07) is 0.753. The van der Waals surface area contributed by atoms with Crippen LogP contribution in [0.3, 0.4) is 0 Å². The lowest BCUT2D eigenvalue weighted by molar-refractivity contribution is -0.0859. The Kier molecular flexibility index (Phi) is 5.23. The minimum Gasteiger partial charge on any atom is -0.394 e. The number of hydrogen-bond donors (Lipinski definition) is 2. The maximum atomic E-state index is 9.26. The third kappa shape index (κ3) is 3.69. The van der Waals surface area contributed by atoms with Crippen LogP contribution in [0.1, 0.15) is 33.6 Å². The van der Waals surface area contributed by atoms with Gasteiger partial charge >= 0.3 is 0 Å². The van der Waals surface area contributed by atoms with Crippen molar-refractivity contribution in [2.45, 2.75) is 51.8 Å². The highest BCUT2D eigenvalue weighted by Gasteiger charge is 2.35. The molecule has 4 nitrogen and oxygen atoms in total. The Morgan fingerprint density at radius 2 is 2.00 bits per heavy atom. The van der Waals surface area contributed by atoms with Gasteiger partial charge in [0.15, 0.2) is 0 Å². The second kappa shape index (κ2) is 6.53. The number of morpholine rings is 1. The predicted molar refractivity (Wildman–Crippen MR) is 76.9 cm³/mol. The molecular weight excluding hydrogens is 240 g/mol. The lowest BCUT2D eigenvalue weighted by Gasteiger charge is -2.44. The van der Waals surface area contributed by atoms with Crippen LogP contribution < -0.4 is 5.73 Å². The molecule has 1 saturated heterocycles.